The molecule has 1 saturated heterocycles. The summed E-state index contributed by atoms with van der Waals surface area (Å²) in [7, 11) is 4.04. The molecule has 1 heterocycles. The quantitative estimate of drug-likeness (QED) is 0.477. The molecule has 1 aromatic carbocycles. The van der Waals surface area contributed by atoms with Crippen molar-refractivity contribution < 1.29 is 0 Å². The topological polar surface area (TPSA) is 39.7 Å². The number of hydrogen-bond acceptors (Lipinski definition) is 2. The van der Waals surface area contributed by atoms with Gasteiger partial charge in [-0.15, -0.1) is 0 Å². The van der Waals surface area contributed by atoms with E-state index in [4.69, 9.17) is 0 Å². The fourth-order valence-electron chi connectivity index (χ4n) is 2.82. The Morgan fingerprint density at radius 1 is 1.29 bits per heavy atom. The first-order valence-corrected chi connectivity index (χ1v) is 7.98. The van der Waals surface area contributed by atoms with Crippen LogP contribution < -0.4 is 10.6 Å². The second-order valence-corrected chi connectivity index (χ2v) is 5.75. The van der Waals surface area contributed by atoms with Gasteiger partial charge in [-0.25, -0.2) is 0 Å². The maximum atomic E-state index is 4.29. The van der Waals surface area contributed by atoms with E-state index in [0.717, 1.165) is 31.9 Å². The van der Waals surface area contributed by atoms with Crippen LogP contribution in [0.15, 0.2) is 35.3 Å². The summed E-state index contributed by atoms with van der Waals surface area (Å²) in [6, 6.07) is 11.3. The standard InChI is InChI=1S/C17H28N4/c1-18-17(20-14-16-11-7-13-21(16)2)19-12-6-10-15-8-4-3-5-9-15/h3-5,8-9,16H,6-7,10-14H2,1-2H3,(H2,18,19,20). The van der Waals surface area contributed by atoms with Gasteiger partial charge in [0.25, 0.3) is 0 Å². The van der Waals surface area contributed by atoms with Gasteiger partial charge in [0, 0.05) is 26.2 Å². The molecule has 2 rings (SSSR count). The lowest BCUT2D eigenvalue weighted by molar-refractivity contribution is 0.309. The number of nitrogens with zero attached hydrogens (tertiary/aromatic N) is 2. The van der Waals surface area contributed by atoms with Crippen molar-refractivity contribution in [3.05, 3.63) is 35.9 Å². The van der Waals surface area contributed by atoms with Gasteiger partial charge in [0.15, 0.2) is 5.96 Å². The summed E-state index contributed by atoms with van der Waals surface area (Å²) in [6.45, 7) is 3.15. The molecule has 0 aliphatic carbocycles. The van der Waals surface area contributed by atoms with Gasteiger partial charge in [-0.05, 0) is 44.8 Å². The van der Waals surface area contributed by atoms with E-state index in [1.54, 1.807) is 0 Å². The van der Waals surface area contributed by atoms with Gasteiger partial charge in [-0.2, -0.15) is 0 Å². The Labute approximate surface area is 128 Å². The van der Waals surface area contributed by atoms with Crippen LogP contribution >= 0.6 is 0 Å². The molecule has 1 aliphatic rings. The van der Waals surface area contributed by atoms with E-state index >= 15 is 0 Å². The highest BCUT2D eigenvalue weighted by atomic mass is 15.2. The highest BCUT2D eigenvalue weighted by molar-refractivity contribution is 5.79. The minimum absolute atomic E-state index is 0.646. The summed E-state index contributed by atoms with van der Waals surface area (Å²) in [6.07, 6.45) is 4.82. The van der Waals surface area contributed by atoms with Crippen molar-refractivity contribution in [2.45, 2.75) is 31.7 Å². The van der Waals surface area contributed by atoms with Crippen LogP contribution in [0.5, 0.6) is 0 Å². The number of hydrogen-bond donors (Lipinski definition) is 2. The lowest BCUT2D eigenvalue weighted by atomic mass is 10.1. The zero-order chi connectivity index (χ0) is 14.9. The molecule has 1 aromatic rings. The summed E-state index contributed by atoms with van der Waals surface area (Å²) >= 11 is 0. The van der Waals surface area contributed by atoms with Crippen LogP contribution in [0.3, 0.4) is 0 Å². The maximum Gasteiger partial charge on any atom is 0.191 e. The van der Waals surface area contributed by atoms with Crippen LogP contribution in [-0.2, 0) is 6.42 Å². The maximum absolute atomic E-state index is 4.29. The molecule has 0 amide bonds. The van der Waals surface area contributed by atoms with E-state index < -0.39 is 0 Å². The summed E-state index contributed by atoms with van der Waals surface area (Å²) in [5.41, 5.74) is 1.40. The van der Waals surface area contributed by atoms with E-state index in [2.05, 4.69) is 57.9 Å². The minimum Gasteiger partial charge on any atom is -0.356 e. The van der Waals surface area contributed by atoms with Crippen molar-refractivity contribution in [2.24, 2.45) is 4.99 Å². The van der Waals surface area contributed by atoms with Gasteiger partial charge in [-0.1, -0.05) is 30.3 Å². The molecule has 1 fully saturated rings. The lowest BCUT2D eigenvalue weighted by Crippen LogP contribution is -2.44. The van der Waals surface area contributed by atoms with Gasteiger partial charge in [0.2, 0.25) is 0 Å². The number of guanidine groups is 1. The second kappa shape index (κ2) is 8.67. The number of rotatable bonds is 6. The molecule has 116 valence electrons. The molecule has 1 unspecified atom stereocenters. The van der Waals surface area contributed by atoms with Crippen molar-refractivity contribution in [3.63, 3.8) is 0 Å². The number of benzene rings is 1. The summed E-state index contributed by atoms with van der Waals surface area (Å²) < 4.78 is 0. The number of aryl methyl sites for hydroxylation is 1. The Morgan fingerprint density at radius 2 is 2.10 bits per heavy atom. The Kier molecular flexibility index (Phi) is 6.54. The normalized spacial score (nSPS) is 19.7. The van der Waals surface area contributed by atoms with Gasteiger partial charge in [0.05, 0.1) is 0 Å². The van der Waals surface area contributed by atoms with E-state index in [0.29, 0.717) is 6.04 Å². The number of likely N-dealkylation sites (N-methyl/N-ethyl adjacent to an activating group) is 1. The summed E-state index contributed by atoms with van der Waals surface area (Å²) in [5, 5.41) is 6.84. The zero-order valence-electron chi connectivity index (χ0n) is 13.3. The monoisotopic (exact) mass is 288 g/mol. The molecule has 0 bridgehead atoms. The van der Waals surface area contributed by atoms with Gasteiger partial charge in [0.1, 0.15) is 0 Å². The fourth-order valence-corrected chi connectivity index (χ4v) is 2.82. The highest BCUT2D eigenvalue weighted by Crippen LogP contribution is 2.13. The van der Waals surface area contributed by atoms with E-state index in [-0.39, 0.29) is 0 Å². The van der Waals surface area contributed by atoms with E-state index in [9.17, 15) is 0 Å². The van der Waals surface area contributed by atoms with E-state index in [1.165, 1.54) is 24.9 Å². The third kappa shape index (κ3) is 5.38. The Morgan fingerprint density at radius 3 is 2.76 bits per heavy atom. The summed E-state index contributed by atoms with van der Waals surface area (Å²) in [4.78, 5) is 6.72. The van der Waals surface area contributed by atoms with Crippen molar-refractivity contribution in [2.75, 3.05) is 33.7 Å². The van der Waals surface area contributed by atoms with Crippen LogP contribution in [0.1, 0.15) is 24.8 Å². The van der Waals surface area contributed by atoms with Crippen LogP contribution in [0.4, 0.5) is 0 Å². The molecule has 2 N–H and O–H groups in total. The van der Waals surface area contributed by atoms with Gasteiger partial charge < -0.3 is 15.5 Å². The number of aliphatic imine (C=N–C) groups is 1. The average molecular weight is 288 g/mol. The number of likely N-dealkylation sites (tertiary alicyclic amines) is 1. The van der Waals surface area contributed by atoms with Crippen molar-refractivity contribution in [1.29, 1.82) is 0 Å². The smallest absolute Gasteiger partial charge is 0.191 e. The molecule has 0 spiro atoms. The zero-order valence-corrected chi connectivity index (χ0v) is 13.3. The third-order valence-corrected chi connectivity index (χ3v) is 4.18. The molecular weight excluding hydrogens is 260 g/mol. The molecule has 1 aliphatic heterocycles. The largest absolute Gasteiger partial charge is 0.356 e. The molecule has 0 aromatic heterocycles. The summed E-state index contributed by atoms with van der Waals surface area (Å²) in [5.74, 6) is 0.920. The first-order chi connectivity index (χ1) is 10.3. The molecule has 21 heavy (non-hydrogen) atoms. The van der Waals surface area contributed by atoms with Gasteiger partial charge >= 0.3 is 0 Å². The molecule has 0 saturated carbocycles. The van der Waals surface area contributed by atoms with Crippen molar-refractivity contribution in [3.8, 4) is 0 Å². The van der Waals surface area contributed by atoms with Gasteiger partial charge in [-0.3, -0.25) is 4.99 Å². The van der Waals surface area contributed by atoms with Crippen molar-refractivity contribution >= 4 is 5.96 Å². The average Bonchev–Trinajstić information content (AvgIpc) is 2.93. The highest BCUT2D eigenvalue weighted by Gasteiger charge is 2.20. The first kappa shape index (κ1) is 15.8. The fraction of sp³-hybridized carbons (Fsp3) is 0.588. The minimum atomic E-state index is 0.646. The number of nitrogens with one attached hydrogen (secondary N) is 2. The molecule has 0 radical (unpaired) electrons. The van der Waals surface area contributed by atoms with Crippen LogP contribution in [0, 0.1) is 0 Å². The molecular formula is C17H28N4. The molecule has 4 heteroatoms. The Balaban J connectivity index is 1.61. The molecule has 1 atom stereocenters. The van der Waals surface area contributed by atoms with E-state index in [1.807, 2.05) is 7.05 Å². The first-order valence-electron chi connectivity index (χ1n) is 7.98. The van der Waals surface area contributed by atoms with Crippen molar-refractivity contribution in [1.82, 2.24) is 15.5 Å². The van der Waals surface area contributed by atoms with Crippen LogP contribution in [0.2, 0.25) is 0 Å². The Hall–Kier alpha value is -1.55. The Bertz CT molecular complexity index is 430. The second-order valence-electron chi connectivity index (χ2n) is 5.75. The lowest BCUT2D eigenvalue weighted by Gasteiger charge is -2.21. The van der Waals surface area contributed by atoms with Crippen LogP contribution in [0.25, 0.3) is 0 Å². The predicted molar refractivity (Wildman–Crippen MR) is 89.8 cm³/mol. The molecule has 4 nitrogen and oxygen atoms in total. The third-order valence-electron chi connectivity index (χ3n) is 4.18. The van der Waals surface area contributed by atoms with Crippen LogP contribution in [-0.4, -0.2) is 50.6 Å². The predicted octanol–water partition coefficient (Wildman–Crippen LogP) is 1.88. The SMILES string of the molecule is CN=C(NCCCc1ccccc1)NCC1CCCN1C.